The van der Waals surface area contributed by atoms with Crippen LogP contribution in [0.4, 0.5) is 24.5 Å². The third-order valence-corrected chi connectivity index (χ3v) is 12.1. The van der Waals surface area contributed by atoms with Crippen molar-refractivity contribution in [2.45, 2.75) is 57.0 Å². The van der Waals surface area contributed by atoms with Crippen molar-refractivity contribution >= 4 is 33.8 Å². The summed E-state index contributed by atoms with van der Waals surface area (Å²) in [5, 5.41) is 3.85. The highest BCUT2D eigenvalue weighted by molar-refractivity contribution is 7.89. The molecule has 3 aliphatic rings. The summed E-state index contributed by atoms with van der Waals surface area (Å²) >= 11 is 0. The average Bonchev–Trinajstić information content (AvgIpc) is 3.66. The quantitative estimate of drug-likeness (QED) is 0.205. The molecule has 4 atom stereocenters. The minimum atomic E-state index is -5.31. The van der Waals surface area contributed by atoms with Crippen LogP contribution in [0.2, 0.25) is 0 Å². The number of piperazine rings is 1. The van der Waals surface area contributed by atoms with Crippen molar-refractivity contribution in [3.63, 3.8) is 0 Å². The van der Waals surface area contributed by atoms with E-state index in [2.05, 4.69) is 5.16 Å². The van der Waals surface area contributed by atoms with Crippen molar-refractivity contribution in [3.8, 4) is 5.75 Å². The van der Waals surface area contributed by atoms with Gasteiger partial charge in [0, 0.05) is 25.2 Å². The van der Waals surface area contributed by atoms with Gasteiger partial charge in [0.1, 0.15) is 47.8 Å². The van der Waals surface area contributed by atoms with E-state index in [1.54, 1.807) is 0 Å². The van der Waals surface area contributed by atoms with Gasteiger partial charge in [0.05, 0.1) is 31.2 Å². The number of fused-ring (bicyclic) bond motifs is 1. The maximum Gasteiger partial charge on any atom is 0.491 e. The number of benzene rings is 2. The molecule has 6 rings (SSSR count). The summed E-state index contributed by atoms with van der Waals surface area (Å²) in [6, 6.07) is 10.4. The van der Waals surface area contributed by atoms with Gasteiger partial charge in [-0.2, -0.15) is 17.5 Å². The SMILES string of the molecule is Cc1ccc(C)c([N@+]2([C@H]3CN(S(=O)(=O)c4c(C)noc4C)C[C@@H]3c3ccc4c(c3)OCCN4C)CCN(C=O)CC2OC(=O)C(F)(F)F)c1. The van der Waals surface area contributed by atoms with Crippen LogP contribution in [-0.4, -0.2) is 107 Å². The summed E-state index contributed by atoms with van der Waals surface area (Å²) in [7, 11) is -2.29. The predicted octanol–water partition coefficient (Wildman–Crippen LogP) is 3.80. The Hall–Kier alpha value is -4.15. The van der Waals surface area contributed by atoms with E-state index < -0.39 is 40.4 Å². The van der Waals surface area contributed by atoms with Gasteiger partial charge in [0.15, 0.2) is 5.76 Å². The second-order valence-corrected chi connectivity index (χ2v) is 14.9. The zero-order valence-corrected chi connectivity index (χ0v) is 28.7. The number of halogens is 3. The number of hydrogen-bond donors (Lipinski definition) is 0. The predicted molar refractivity (Wildman–Crippen MR) is 173 cm³/mol. The number of likely N-dealkylation sites (N-methyl/N-ethyl adjacent to an activating group) is 1. The molecule has 264 valence electrons. The highest BCUT2D eigenvalue weighted by Crippen LogP contribution is 2.47. The van der Waals surface area contributed by atoms with Gasteiger partial charge in [0.2, 0.25) is 16.4 Å². The Labute approximate surface area is 282 Å². The molecule has 0 radical (unpaired) electrons. The molecule has 0 bridgehead atoms. The first-order valence-corrected chi connectivity index (χ1v) is 17.3. The van der Waals surface area contributed by atoms with Crippen LogP contribution in [0.3, 0.4) is 0 Å². The lowest BCUT2D eigenvalue weighted by Crippen LogP contribution is -2.73. The van der Waals surface area contributed by atoms with Crippen molar-refractivity contribution in [1.29, 1.82) is 0 Å². The molecular formula is C33H39F3N5O7S+. The van der Waals surface area contributed by atoms with Gasteiger partial charge in [-0.05, 0) is 51.0 Å². The minimum absolute atomic E-state index is 0.0450. The molecule has 12 nitrogen and oxygen atoms in total. The van der Waals surface area contributed by atoms with E-state index in [1.165, 1.54) is 23.1 Å². The van der Waals surface area contributed by atoms with E-state index in [9.17, 15) is 31.2 Å². The fourth-order valence-electron chi connectivity index (χ4n) is 7.61. The zero-order valence-electron chi connectivity index (χ0n) is 27.9. The topological polar surface area (TPSA) is 122 Å². The minimum Gasteiger partial charge on any atom is -0.490 e. The molecule has 0 saturated carbocycles. The normalized spacial score (nSPS) is 24.8. The standard InChI is InChI=1S/C33H39F3N5O7S/c1-20-6-7-21(2)27(14-20)41(12-10-39(19-42)18-30(41)47-32(43)33(34,35)36)28-17-40(49(44,45)31-22(3)37-48-23(31)4)16-25(28)24-8-9-26-29(15-24)46-13-11-38(26)5/h6-9,14-15,19,25,28,30H,10-13,16-18H2,1-5H3/q+1/t25-,28+,30?,41+/m1/s1. The molecular weight excluding hydrogens is 667 g/mol. The van der Waals surface area contributed by atoms with Crippen LogP contribution in [-0.2, 0) is 24.3 Å². The third-order valence-electron chi connectivity index (χ3n) is 10.0. The Bertz CT molecular complexity index is 1860. The van der Waals surface area contributed by atoms with E-state index in [-0.39, 0.29) is 53.6 Å². The van der Waals surface area contributed by atoms with Crippen molar-refractivity contribution in [2.75, 3.05) is 57.8 Å². The van der Waals surface area contributed by atoms with Crippen molar-refractivity contribution in [3.05, 3.63) is 64.5 Å². The number of carbonyl (C=O) groups is 2. The van der Waals surface area contributed by atoms with Crippen molar-refractivity contribution < 1.29 is 45.2 Å². The zero-order chi connectivity index (χ0) is 35.5. The van der Waals surface area contributed by atoms with Gasteiger partial charge in [-0.3, -0.25) is 4.79 Å². The molecule has 4 heterocycles. The Morgan fingerprint density at radius 2 is 1.82 bits per heavy atom. The van der Waals surface area contributed by atoms with E-state index in [1.807, 2.05) is 62.2 Å². The lowest BCUT2D eigenvalue weighted by Gasteiger charge is -2.53. The number of nitrogens with zero attached hydrogens (tertiary/aromatic N) is 5. The number of amides is 1. The molecule has 0 spiro atoms. The highest BCUT2D eigenvalue weighted by Gasteiger charge is 2.60. The summed E-state index contributed by atoms with van der Waals surface area (Å²) in [5.41, 5.74) is 3.82. The first kappa shape index (κ1) is 34.7. The molecule has 0 aliphatic carbocycles. The number of quaternary nitrogens is 1. The molecule has 2 fully saturated rings. The summed E-state index contributed by atoms with van der Waals surface area (Å²) in [5.74, 6) is -2.30. The molecule has 1 unspecified atom stereocenters. The number of carbonyl (C=O) groups excluding carboxylic acids is 2. The van der Waals surface area contributed by atoms with E-state index in [0.29, 0.717) is 42.1 Å². The largest absolute Gasteiger partial charge is 0.491 e. The maximum absolute atomic E-state index is 14.4. The number of alkyl halides is 3. The Balaban J connectivity index is 1.58. The molecule has 3 aliphatic heterocycles. The van der Waals surface area contributed by atoms with Gasteiger partial charge in [0.25, 0.3) is 6.23 Å². The highest BCUT2D eigenvalue weighted by atomic mass is 32.2. The number of esters is 1. The van der Waals surface area contributed by atoms with E-state index in [0.717, 1.165) is 11.3 Å². The third kappa shape index (κ3) is 6.03. The Morgan fingerprint density at radius 1 is 1.06 bits per heavy atom. The molecule has 2 saturated heterocycles. The number of sulfonamides is 1. The Morgan fingerprint density at radius 3 is 2.49 bits per heavy atom. The summed E-state index contributed by atoms with van der Waals surface area (Å²) in [6.45, 7) is 7.43. The molecule has 1 aromatic heterocycles. The maximum atomic E-state index is 14.4. The van der Waals surface area contributed by atoms with Crippen LogP contribution in [0.1, 0.15) is 34.1 Å². The number of hydrogen-bond acceptors (Lipinski definition) is 9. The van der Waals surface area contributed by atoms with E-state index >= 15 is 0 Å². The smallest absolute Gasteiger partial charge is 0.490 e. The average molecular weight is 707 g/mol. The number of aryl methyl sites for hydroxylation is 4. The van der Waals surface area contributed by atoms with Crippen molar-refractivity contribution in [2.24, 2.45) is 0 Å². The number of rotatable bonds is 7. The van der Waals surface area contributed by atoms with Gasteiger partial charge in [-0.15, -0.1) is 0 Å². The summed E-state index contributed by atoms with van der Waals surface area (Å²) in [6.07, 6.45) is -6.32. The van der Waals surface area contributed by atoms with Crippen LogP contribution in [0.15, 0.2) is 45.8 Å². The van der Waals surface area contributed by atoms with Gasteiger partial charge in [-0.1, -0.05) is 23.4 Å². The molecule has 16 heteroatoms. The van der Waals surface area contributed by atoms with Crippen LogP contribution >= 0.6 is 0 Å². The molecule has 49 heavy (non-hydrogen) atoms. The first-order valence-electron chi connectivity index (χ1n) is 15.9. The number of ether oxygens (including phenoxy) is 2. The first-order chi connectivity index (χ1) is 23.1. The van der Waals surface area contributed by atoms with Gasteiger partial charge in [-0.25, -0.2) is 17.7 Å². The van der Waals surface area contributed by atoms with E-state index in [4.69, 9.17) is 14.0 Å². The lowest BCUT2D eigenvalue weighted by molar-refractivity contribution is -0.217. The van der Waals surface area contributed by atoms with Crippen LogP contribution in [0.5, 0.6) is 5.75 Å². The van der Waals surface area contributed by atoms with Crippen LogP contribution < -0.4 is 14.1 Å². The molecule has 0 N–H and O–H groups in total. The van der Waals surface area contributed by atoms with Gasteiger partial charge < -0.3 is 23.8 Å². The molecule has 1 amide bonds. The van der Waals surface area contributed by atoms with Crippen LogP contribution in [0, 0.1) is 27.7 Å². The van der Waals surface area contributed by atoms with Gasteiger partial charge >= 0.3 is 12.1 Å². The summed E-state index contributed by atoms with van der Waals surface area (Å²) < 4.78 is 87.9. The lowest BCUT2D eigenvalue weighted by atomic mass is 9.88. The van der Waals surface area contributed by atoms with Crippen LogP contribution in [0.25, 0.3) is 0 Å². The van der Waals surface area contributed by atoms with Crippen molar-refractivity contribution in [1.82, 2.24) is 18.8 Å². The molecule has 2 aromatic carbocycles. The number of anilines is 1. The fraction of sp³-hybridized carbons (Fsp3) is 0.485. The summed E-state index contributed by atoms with van der Waals surface area (Å²) in [4.78, 5) is 27.9. The number of aromatic nitrogens is 1. The Kier molecular flexibility index (Phi) is 8.94. The monoisotopic (exact) mass is 706 g/mol. The fourth-order valence-corrected chi connectivity index (χ4v) is 9.39. The second-order valence-electron chi connectivity index (χ2n) is 13.0. The second kappa shape index (κ2) is 12.6. The molecule has 3 aromatic rings.